The number of benzene rings is 6. The molecule has 9 heteroatoms. The first-order chi connectivity index (χ1) is 25.1. The summed E-state index contributed by atoms with van der Waals surface area (Å²) in [5, 5.41) is 6.72. The zero-order valence-electron chi connectivity index (χ0n) is 28.1. The van der Waals surface area contributed by atoms with E-state index in [1.165, 1.54) is 35.7 Å². The van der Waals surface area contributed by atoms with Gasteiger partial charge >= 0.3 is 0 Å². The van der Waals surface area contributed by atoms with Crippen LogP contribution in [-0.2, 0) is 0 Å². The fourth-order valence-electron chi connectivity index (χ4n) is 8.12. The molecule has 0 atom stereocenters. The lowest BCUT2D eigenvalue weighted by molar-refractivity contribution is 0.942. The molecule has 0 aliphatic carbocycles. The maximum Gasteiger partial charge on any atom is 0.239 e. The van der Waals surface area contributed by atoms with Gasteiger partial charge in [0.2, 0.25) is 19.8 Å². The monoisotopic (exact) mass is 708 g/mol. The number of hydrogen-bond donors (Lipinski definition) is 0. The smallest absolute Gasteiger partial charge is 0.239 e. The molecule has 4 heterocycles. The Balaban J connectivity index is 1.31. The summed E-state index contributed by atoms with van der Waals surface area (Å²) >= 11 is 1.91. The van der Waals surface area contributed by atoms with Gasteiger partial charge in [0.15, 0.2) is 0 Å². The van der Waals surface area contributed by atoms with Gasteiger partial charge in [0.1, 0.15) is 19.8 Å². The van der Waals surface area contributed by atoms with Crippen molar-refractivity contribution in [1.82, 2.24) is 28.9 Å². The molecule has 10 rings (SSSR count). The van der Waals surface area contributed by atoms with Crippen LogP contribution in [0.15, 0.2) is 168 Å². The third-order valence-electron chi connectivity index (χ3n) is 10.5. The summed E-state index contributed by atoms with van der Waals surface area (Å²) in [6.45, 7) is 4.97. The number of aromatic nitrogens is 6. The highest BCUT2D eigenvalue weighted by Gasteiger charge is 2.49. The minimum atomic E-state index is -3.18. The van der Waals surface area contributed by atoms with Crippen LogP contribution in [-0.4, -0.2) is 45.1 Å². The van der Waals surface area contributed by atoms with E-state index in [0.717, 1.165) is 33.3 Å². The lowest BCUT2D eigenvalue weighted by Gasteiger charge is -2.38. The Bertz CT molecular complexity index is 2740. The van der Waals surface area contributed by atoms with Crippen molar-refractivity contribution in [3.8, 4) is 5.95 Å². The number of rotatable bonds is 5. The highest BCUT2D eigenvalue weighted by Crippen LogP contribution is 2.33. The fourth-order valence-corrected chi connectivity index (χ4v) is 18.7. The van der Waals surface area contributed by atoms with Gasteiger partial charge in [-0.15, -0.1) is 0 Å². The van der Waals surface area contributed by atoms with Gasteiger partial charge in [0, 0.05) is 9.79 Å². The Labute approximate surface area is 301 Å². The molecule has 1 aliphatic rings. The van der Waals surface area contributed by atoms with Crippen LogP contribution in [0.3, 0.4) is 0 Å². The third-order valence-corrected chi connectivity index (χ3v) is 20.3. The Kier molecular flexibility index (Phi) is 6.79. The quantitative estimate of drug-likeness (QED) is 0.180. The Hall–Kier alpha value is -5.62. The summed E-state index contributed by atoms with van der Waals surface area (Å²) in [7, 11) is -5.22. The molecular weight excluding hydrogens is 677 g/mol. The van der Waals surface area contributed by atoms with Crippen LogP contribution >= 0.6 is 11.8 Å². The van der Waals surface area contributed by atoms with Crippen LogP contribution in [0.2, 0.25) is 13.1 Å². The van der Waals surface area contributed by atoms with Crippen molar-refractivity contribution < 1.29 is 0 Å². The first-order valence-electron chi connectivity index (χ1n) is 17.2. The standard InChI is InChI=1S/C42H32N6SSi2/c1-50(2)36-25-14-13-24-35(36)49-39-37(50)26-15-27-38(39)51(29-16-5-3-6-17-29,30-18-7-4-8-19-30)41-44-28-43-40(46-41)48-34-23-12-11-22-33(34)47-32-21-10-9-20-31(32)45-42(47)48/h3-28H,1-2H3. The summed E-state index contributed by atoms with van der Waals surface area (Å²) in [5.74, 6) is 1.33. The first-order valence-corrected chi connectivity index (χ1v) is 23.0. The van der Waals surface area contributed by atoms with Crippen LogP contribution < -0.4 is 31.4 Å². The van der Waals surface area contributed by atoms with Crippen LogP contribution in [0.4, 0.5) is 0 Å². The van der Waals surface area contributed by atoms with Crippen molar-refractivity contribution in [3.05, 3.63) is 158 Å². The first kappa shape index (κ1) is 30.2. The van der Waals surface area contributed by atoms with Gasteiger partial charge in [-0.05, 0) is 56.3 Å². The Morgan fingerprint density at radius 3 is 1.96 bits per heavy atom. The van der Waals surface area contributed by atoms with E-state index in [1.54, 1.807) is 6.33 Å². The van der Waals surface area contributed by atoms with Crippen molar-refractivity contribution in [1.29, 1.82) is 0 Å². The topological polar surface area (TPSA) is 60.9 Å². The number of imidazole rings is 2. The molecule has 9 aromatic rings. The van der Waals surface area contributed by atoms with E-state index in [2.05, 4.69) is 168 Å². The lowest BCUT2D eigenvalue weighted by Crippen LogP contribution is -2.77. The lowest BCUT2D eigenvalue weighted by atomic mass is 10.3. The average molecular weight is 709 g/mol. The highest BCUT2D eigenvalue weighted by atomic mass is 32.2. The predicted molar refractivity (Wildman–Crippen MR) is 214 cm³/mol. The fraction of sp³-hybridized carbons (Fsp3) is 0.0476. The van der Waals surface area contributed by atoms with Crippen LogP contribution in [0.25, 0.3) is 33.8 Å². The third kappa shape index (κ3) is 4.35. The van der Waals surface area contributed by atoms with Gasteiger partial charge in [-0.25, -0.2) is 24.5 Å². The molecule has 0 saturated heterocycles. The molecule has 0 radical (unpaired) electrons. The summed E-state index contributed by atoms with van der Waals surface area (Å²) in [4.78, 5) is 23.5. The maximum absolute atomic E-state index is 5.57. The molecule has 6 aromatic carbocycles. The number of para-hydroxylation sites is 4. The molecule has 0 bridgehead atoms. The number of nitrogens with zero attached hydrogens (tertiary/aromatic N) is 6. The minimum Gasteiger partial charge on any atom is -0.276 e. The second-order valence-corrected chi connectivity index (χ2v) is 22.6. The van der Waals surface area contributed by atoms with E-state index in [1.807, 2.05) is 17.8 Å². The largest absolute Gasteiger partial charge is 0.276 e. The molecule has 0 N–H and O–H groups in total. The van der Waals surface area contributed by atoms with Crippen LogP contribution in [0.1, 0.15) is 0 Å². The zero-order valence-corrected chi connectivity index (χ0v) is 30.9. The van der Waals surface area contributed by atoms with Gasteiger partial charge < -0.3 is 0 Å². The second kappa shape index (κ2) is 11.5. The number of fused-ring (bicyclic) bond motifs is 7. The van der Waals surface area contributed by atoms with E-state index >= 15 is 0 Å². The van der Waals surface area contributed by atoms with Crippen molar-refractivity contribution in [2.24, 2.45) is 0 Å². The number of hydrogen-bond acceptors (Lipinski definition) is 5. The Morgan fingerprint density at radius 2 is 1.20 bits per heavy atom. The molecule has 3 aromatic heterocycles. The van der Waals surface area contributed by atoms with Crippen molar-refractivity contribution in [2.75, 3.05) is 0 Å². The second-order valence-electron chi connectivity index (χ2n) is 13.6. The summed E-state index contributed by atoms with van der Waals surface area (Å²) < 4.78 is 4.30. The van der Waals surface area contributed by atoms with Crippen molar-refractivity contribution in [2.45, 2.75) is 22.9 Å². The molecular formula is C42H32N6SSi2. The molecule has 0 unspecified atom stereocenters. The average Bonchev–Trinajstić information content (AvgIpc) is 3.71. The predicted octanol–water partition coefficient (Wildman–Crippen LogP) is 5.28. The van der Waals surface area contributed by atoms with Gasteiger partial charge in [-0.2, -0.15) is 0 Å². The Morgan fingerprint density at radius 1 is 0.569 bits per heavy atom. The normalized spacial score (nSPS) is 13.8. The van der Waals surface area contributed by atoms with E-state index in [0.29, 0.717) is 5.95 Å². The van der Waals surface area contributed by atoms with E-state index in [9.17, 15) is 0 Å². The molecule has 51 heavy (non-hydrogen) atoms. The van der Waals surface area contributed by atoms with Crippen molar-refractivity contribution in [3.63, 3.8) is 0 Å². The molecule has 0 spiro atoms. The van der Waals surface area contributed by atoms with E-state index in [-0.39, 0.29) is 0 Å². The van der Waals surface area contributed by atoms with E-state index < -0.39 is 16.1 Å². The highest BCUT2D eigenvalue weighted by molar-refractivity contribution is 8.00. The zero-order chi connectivity index (χ0) is 34.2. The minimum absolute atomic E-state index is 0.558. The molecule has 0 fully saturated rings. The summed E-state index contributed by atoms with van der Waals surface area (Å²) in [5.41, 5.74) is 4.82. The molecule has 0 amide bonds. The summed E-state index contributed by atoms with van der Waals surface area (Å²) in [6.07, 6.45) is 1.70. The van der Waals surface area contributed by atoms with Crippen molar-refractivity contribution >= 4 is 87.1 Å². The van der Waals surface area contributed by atoms with Crippen LogP contribution in [0, 0.1) is 0 Å². The van der Waals surface area contributed by atoms with Crippen LogP contribution in [0.5, 0.6) is 0 Å². The summed E-state index contributed by atoms with van der Waals surface area (Å²) in [6, 6.07) is 54.5. The van der Waals surface area contributed by atoms with Gasteiger partial charge in [-0.1, -0.05) is 146 Å². The van der Waals surface area contributed by atoms with Gasteiger partial charge in [-0.3, -0.25) is 4.40 Å². The van der Waals surface area contributed by atoms with Gasteiger partial charge in [0.25, 0.3) is 0 Å². The van der Waals surface area contributed by atoms with Gasteiger partial charge in [0.05, 0.1) is 22.1 Å². The SMILES string of the molecule is C[Si]1(C)c2ccccc2Sc2c1cccc2[Si](c1ccccc1)(c1ccccc1)c1ncnc(-n2c3ccccc3n3c4ccccc4nc23)n1. The maximum atomic E-state index is 5.57. The molecule has 1 aliphatic heterocycles. The molecule has 244 valence electrons. The van der Waals surface area contributed by atoms with E-state index in [4.69, 9.17) is 19.9 Å². The molecule has 6 nitrogen and oxygen atoms in total. The molecule has 0 saturated carbocycles.